The van der Waals surface area contributed by atoms with Gasteiger partial charge in [0.05, 0.1) is 6.61 Å². The van der Waals surface area contributed by atoms with Crippen LogP contribution in [0.2, 0.25) is 0 Å². The van der Waals surface area contributed by atoms with E-state index in [1.54, 1.807) is 0 Å². The van der Waals surface area contributed by atoms with Gasteiger partial charge in [0.1, 0.15) is 5.75 Å². The van der Waals surface area contributed by atoms with Crippen molar-refractivity contribution >= 4 is 0 Å². The molecule has 1 fully saturated rings. The summed E-state index contributed by atoms with van der Waals surface area (Å²) < 4.78 is 5.91. The maximum atomic E-state index is 5.91. The van der Waals surface area contributed by atoms with Crippen molar-refractivity contribution in [2.75, 3.05) is 13.2 Å². The van der Waals surface area contributed by atoms with E-state index < -0.39 is 0 Å². The Kier molecular flexibility index (Phi) is 3.32. The first-order chi connectivity index (χ1) is 8.45. The summed E-state index contributed by atoms with van der Waals surface area (Å²) in [4.78, 5) is 0. The Morgan fingerprint density at radius 1 is 1.12 bits per heavy atom. The number of benzene rings is 1. The predicted octanol–water partition coefficient (Wildman–Crippen LogP) is 3.22. The Hall–Kier alpha value is -1.02. The summed E-state index contributed by atoms with van der Waals surface area (Å²) in [5, 5.41) is 3.67. The molecule has 1 aromatic rings. The molecule has 2 heterocycles. The quantitative estimate of drug-likeness (QED) is 0.801. The molecule has 1 atom stereocenters. The van der Waals surface area contributed by atoms with E-state index in [1.807, 2.05) is 0 Å². The fraction of sp³-hybridized carbons (Fsp3) is 0.600. The zero-order chi connectivity index (χ0) is 11.5. The normalized spacial score (nSPS) is 24.6. The molecule has 2 aliphatic rings. The number of para-hydroxylation sites is 1. The van der Waals surface area contributed by atoms with Crippen LogP contribution in [-0.4, -0.2) is 13.2 Å². The van der Waals surface area contributed by atoms with Gasteiger partial charge in [-0.3, -0.25) is 0 Å². The lowest BCUT2D eigenvalue weighted by Crippen LogP contribution is -2.22. The summed E-state index contributed by atoms with van der Waals surface area (Å²) in [6.45, 7) is 2.03. The number of aryl methyl sites for hydroxylation is 1. The van der Waals surface area contributed by atoms with Crippen molar-refractivity contribution in [3.63, 3.8) is 0 Å². The molecule has 1 aromatic carbocycles. The highest BCUT2D eigenvalue weighted by Gasteiger charge is 2.21. The monoisotopic (exact) mass is 231 g/mol. The average Bonchev–Trinajstić information content (AvgIpc) is 2.67. The van der Waals surface area contributed by atoms with Crippen molar-refractivity contribution in [1.82, 2.24) is 5.32 Å². The van der Waals surface area contributed by atoms with Crippen molar-refractivity contribution in [2.45, 2.75) is 44.6 Å². The predicted molar refractivity (Wildman–Crippen MR) is 69.5 cm³/mol. The third-order valence-electron chi connectivity index (χ3n) is 3.90. The molecule has 0 radical (unpaired) electrons. The molecule has 1 unspecified atom stereocenters. The Morgan fingerprint density at radius 3 is 3.12 bits per heavy atom. The van der Waals surface area contributed by atoms with Crippen LogP contribution in [0.5, 0.6) is 5.75 Å². The summed E-state index contributed by atoms with van der Waals surface area (Å²) in [5.74, 6) is 1.18. The molecule has 17 heavy (non-hydrogen) atoms. The van der Waals surface area contributed by atoms with Crippen LogP contribution in [0.3, 0.4) is 0 Å². The third-order valence-corrected chi connectivity index (χ3v) is 3.90. The zero-order valence-electron chi connectivity index (χ0n) is 10.4. The van der Waals surface area contributed by atoms with E-state index >= 15 is 0 Å². The minimum atomic E-state index is 0.505. The first kappa shape index (κ1) is 11.1. The number of fused-ring (bicyclic) bond motifs is 1. The number of rotatable bonds is 1. The van der Waals surface area contributed by atoms with Crippen LogP contribution >= 0.6 is 0 Å². The first-order valence-electron chi connectivity index (χ1n) is 6.93. The molecule has 0 saturated carbocycles. The van der Waals surface area contributed by atoms with Crippen LogP contribution < -0.4 is 10.1 Å². The number of hydrogen-bond acceptors (Lipinski definition) is 2. The number of ether oxygens (including phenoxy) is 1. The van der Waals surface area contributed by atoms with E-state index in [2.05, 4.69) is 23.5 Å². The van der Waals surface area contributed by atoms with Gasteiger partial charge in [0.2, 0.25) is 0 Å². The fourth-order valence-corrected chi connectivity index (χ4v) is 2.98. The van der Waals surface area contributed by atoms with Crippen LogP contribution in [0.15, 0.2) is 18.2 Å². The standard InChI is InChI=1S/C15H21NO/c1-2-9-14(16-10-3-1)13-8-4-6-12-7-5-11-17-15(12)13/h4,6,8,14,16H,1-3,5,7,9-11H2. The van der Waals surface area contributed by atoms with Gasteiger partial charge in [-0.15, -0.1) is 0 Å². The highest BCUT2D eigenvalue weighted by molar-refractivity contribution is 5.44. The molecule has 2 heteroatoms. The topological polar surface area (TPSA) is 21.3 Å². The van der Waals surface area contributed by atoms with Gasteiger partial charge in [-0.2, -0.15) is 0 Å². The molecule has 0 bridgehead atoms. The lowest BCUT2D eigenvalue weighted by atomic mass is 9.95. The largest absolute Gasteiger partial charge is 0.493 e. The molecular weight excluding hydrogens is 210 g/mol. The highest BCUT2D eigenvalue weighted by atomic mass is 16.5. The van der Waals surface area contributed by atoms with Crippen LogP contribution in [0, 0.1) is 0 Å². The second-order valence-corrected chi connectivity index (χ2v) is 5.14. The van der Waals surface area contributed by atoms with Crippen LogP contribution in [0.25, 0.3) is 0 Å². The SMILES string of the molecule is c1cc2c(c(C3CCCCCN3)c1)OCCC2. The Labute approximate surface area is 103 Å². The fourth-order valence-electron chi connectivity index (χ4n) is 2.98. The van der Waals surface area contributed by atoms with E-state index in [0.717, 1.165) is 19.6 Å². The summed E-state index contributed by atoms with van der Waals surface area (Å²) in [5.41, 5.74) is 2.80. The van der Waals surface area contributed by atoms with Crippen molar-refractivity contribution in [2.24, 2.45) is 0 Å². The van der Waals surface area contributed by atoms with Crippen molar-refractivity contribution in [1.29, 1.82) is 0 Å². The van der Waals surface area contributed by atoms with Gasteiger partial charge in [0.15, 0.2) is 0 Å². The third kappa shape index (κ3) is 2.32. The number of nitrogens with one attached hydrogen (secondary N) is 1. The maximum absolute atomic E-state index is 5.91. The van der Waals surface area contributed by atoms with Gasteiger partial charge < -0.3 is 10.1 Å². The molecule has 1 N–H and O–H groups in total. The molecule has 2 nitrogen and oxygen atoms in total. The van der Waals surface area contributed by atoms with Crippen molar-refractivity contribution in [3.8, 4) is 5.75 Å². The van der Waals surface area contributed by atoms with Crippen molar-refractivity contribution in [3.05, 3.63) is 29.3 Å². The van der Waals surface area contributed by atoms with E-state index in [4.69, 9.17) is 4.74 Å². The molecule has 1 saturated heterocycles. The smallest absolute Gasteiger partial charge is 0.127 e. The number of hydrogen-bond donors (Lipinski definition) is 1. The summed E-state index contributed by atoms with van der Waals surface area (Å²) in [6.07, 6.45) is 7.59. The average molecular weight is 231 g/mol. The van der Waals surface area contributed by atoms with Gasteiger partial charge in [0, 0.05) is 11.6 Å². The second-order valence-electron chi connectivity index (χ2n) is 5.14. The minimum absolute atomic E-state index is 0.505. The molecule has 0 amide bonds. The van der Waals surface area contributed by atoms with E-state index in [1.165, 1.54) is 49.0 Å². The van der Waals surface area contributed by atoms with Crippen LogP contribution in [-0.2, 0) is 6.42 Å². The van der Waals surface area contributed by atoms with E-state index in [0.29, 0.717) is 6.04 Å². The van der Waals surface area contributed by atoms with E-state index in [9.17, 15) is 0 Å². The summed E-state index contributed by atoms with van der Waals surface area (Å²) in [7, 11) is 0. The highest BCUT2D eigenvalue weighted by Crippen LogP contribution is 2.35. The van der Waals surface area contributed by atoms with Gasteiger partial charge in [-0.1, -0.05) is 31.0 Å². The minimum Gasteiger partial charge on any atom is -0.493 e. The molecule has 0 spiro atoms. The lowest BCUT2D eigenvalue weighted by molar-refractivity contribution is 0.281. The molecule has 2 aliphatic heterocycles. The Bertz CT molecular complexity index is 381. The first-order valence-corrected chi connectivity index (χ1v) is 6.93. The second kappa shape index (κ2) is 5.09. The summed E-state index contributed by atoms with van der Waals surface area (Å²) >= 11 is 0. The Balaban J connectivity index is 1.90. The molecule has 3 rings (SSSR count). The zero-order valence-corrected chi connectivity index (χ0v) is 10.4. The molecule has 92 valence electrons. The van der Waals surface area contributed by atoms with Gasteiger partial charge >= 0.3 is 0 Å². The van der Waals surface area contributed by atoms with Gasteiger partial charge in [-0.05, 0) is 37.8 Å². The Morgan fingerprint density at radius 2 is 2.12 bits per heavy atom. The van der Waals surface area contributed by atoms with Gasteiger partial charge in [0.25, 0.3) is 0 Å². The van der Waals surface area contributed by atoms with Crippen LogP contribution in [0.1, 0.15) is 49.3 Å². The summed E-state index contributed by atoms with van der Waals surface area (Å²) in [6, 6.07) is 7.16. The maximum Gasteiger partial charge on any atom is 0.127 e. The van der Waals surface area contributed by atoms with Crippen molar-refractivity contribution < 1.29 is 4.74 Å². The van der Waals surface area contributed by atoms with E-state index in [-0.39, 0.29) is 0 Å². The molecular formula is C15H21NO. The molecule has 0 aromatic heterocycles. The van der Waals surface area contributed by atoms with Gasteiger partial charge in [-0.25, -0.2) is 0 Å². The van der Waals surface area contributed by atoms with Crippen LogP contribution in [0.4, 0.5) is 0 Å². The lowest BCUT2D eigenvalue weighted by Gasteiger charge is -2.25. The molecule has 0 aliphatic carbocycles.